The number of amides is 1. The number of ether oxygens (including phenoxy) is 1. The molecule has 0 unspecified atom stereocenters. The van der Waals surface area contributed by atoms with Crippen LogP contribution in [-0.4, -0.2) is 17.0 Å². The lowest BCUT2D eigenvalue weighted by Crippen LogP contribution is -2.26. The first-order valence-electron chi connectivity index (χ1n) is 8.28. The minimum Gasteiger partial charge on any atom is -0.361 e. The van der Waals surface area contributed by atoms with Crippen LogP contribution in [0, 0.1) is 0 Å². The van der Waals surface area contributed by atoms with E-state index < -0.39 is 6.10 Å². The number of hydrogen-bond donors (Lipinski definition) is 2. The molecule has 0 spiro atoms. The molecule has 0 aliphatic carbocycles. The third kappa shape index (κ3) is 3.95. The molecule has 0 radical (unpaired) electrons. The number of anilines is 1. The highest BCUT2D eigenvalue weighted by Gasteiger charge is 2.23. The first-order chi connectivity index (χ1) is 12.5. The van der Waals surface area contributed by atoms with E-state index in [1.165, 1.54) is 0 Å². The van der Waals surface area contributed by atoms with Gasteiger partial charge >= 0.3 is 0 Å². The molecule has 1 heterocycles. The van der Waals surface area contributed by atoms with Crippen LogP contribution in [0.4, 0.5) is 5.69 Å². The largest absolute Gasteiger partial charge is 0.361 e. The molecule has 0 aliphatic rings. The van der Waals surface area contributed by atoms with E-state index in [2.05, 4.69) is 10.3 Å². The van der Waals surface area contributed by atoms with Gasteiger partial charge in [0, 0.05) is 11.6 Å². The Morgan fingerprint density at radius 1 is 1.15 bits per heavy atom. The zero-order valence-electron chi connectivity index (χ0n) is 14.5. The molecule has 5 nitrogen and oxygen atoms in total. The zero-order chi connectivity index (χ0) is 18.7. The van der Waals surface area contributed by atoms with Crippen LogP contribution < -0.4 is 10.9 Å². The van der Waals surface area contributed by atoms with Crippen LogP contribution in [-0.2, 0) is 9.53 Å². The SMILES string of the molecule is CC(C)O[C@@H](C(=O)Nc1cc2cc[nH]c(=O)c2cc1Cl)c1ccccc1. The van der Waals surface area contributed by atoms with Crippen molar-refractivity contribution in [2.75, 3.05) is 5.32 Å². The van der Waals surface area contributed by atoms with Gasteiger partial charge in [-0.3, -0.25) is 9.59 Å². The van der Waals surface area contributed by atoms with Crippen molar-refractivity contribution in [2.24, 2.45) is 0 Å². The van der Waals surface area contributed by atoms with Crippen molar-refractivity contribution in [3.8, 4) is 0 Å². The van der Waals surface area contributed by atoms with Crippen LogP contribution in [0.5, 0.6) is 0 Å². The summed E-state index contributed by atoms with van der Waals surface area (Å²) in [5.41, 5.74) is 0.961. The summed E-state index contributed by atoms with van der Waals surface area (Å²) in [5, 5.41) is 4.26. The molecule has 6 heteroatoms. The third-order valence-corrected chi connectivity index (χ3v) is 4.18. The summed E-state index contributed by atoms with van der Waals surface area (Å²) in [7, 11) is 0. The molecule has 26 heavy (non-hydrogen) atoms. The first-order valence-corrected chi connectivity index (χ1v) is 8.65. The lowest BCUT2D eigenvalue weighted by molar-refractivity contribution is -0.130. The minimum atomic E-state index is -0.762. The van der Waals surface area contributed by atoms with Crippen molar-refractivity contribution in [1.29, 1.82) is 0 Å². The molecule has 3 rings (SSSR count). The Hall–Kier alpha value is -2.63. The molecule has 1 atom stereocenters. The van der Waals surface area contributed by atoms with Crippen LogP contribution in [0.3, 0.4) is 0 Å². The quantitative estimate of drug-likeness (QED) is 0.703. The van der Waals surface area contributed by atoms with E-state index in [1.807, 2.05) is 44.2 Å². The highest BCUT2D eigenvalue weighted by molar-refractivity contribution is 6.34. The van der Waals surface area contributed by atoms with Crippen molar-refractivity contribution in [3.05, 3.63) is 75.7 Å². The predicted molar refractivity (Wildman–Crippen MR) is 104 cm³/mol. The lowest BCUT2D eigenvalue weighted by Gasteiger charge is -2.21. The summed E-state index contributed by atoms with van der Waals surface area (Å²) in [6.45, 7) is 3.75. The fourth-order valence-corrected chi connectivity index (χ4v) is 2.91. The monoisotopic (exact) mass is 370 g/mol. The average Bonchev–Trinajstić information content (AvgIpc) is 2.62. The van der Waals surface area contributed by atoms with E-state index in [0.29, 0.717) is 21.5 Å². The summed E-state index contributed by atoms with van der Waals surface area (Å²) in [6, 6.07) is 14.3. The molecule has 0 fully saturated rings. The smallest absolute Gasteiger partial charge is 0.258 e. The van der Waals surface area contributed by atoms with E-state index in [4.69, 9.17) is 16.3 Å². The maximum Gasteiger partial charge on any atom is 0.258 e. The molecule has 0 saturated carbocycles. The van der Waals surface area contributed by atoms with Gasteiger partial charge in [0.15, 0.2) is 6.10 Å². The van der Waals surface area contributed by atoms with Gasteiger partial charge in [-0.2, -0.15) is 0 Å². The highest BCUT2D eigenvalue weighted by Crippen LogP contribution is 2.28. The number of aromatic nitrogens is 1. The number of H-pyrrole nitrogens is 1. The topological polar surface area (TPSA) is 71.2 Å². The molecule has 3 aromatic rings. The van der Waals surface area contributed by atoms with E-state index in [1.54, 1.807) is 24.4 Å². The van der Waals surface area contributed by atoms with Gasteiger partial charge in [0.25, 0.3) is 11.5 Å². The number of aromatic amines is 1. The Kier molecular flexibility index (Phi) is 5.40. The summed E-state index contributed by atoms with van der Waals surface area (Å²) < 4.78 is 5.81. The Morgan fingerprint density at radius 2 is 1.88 bits per heavy atom. The lowest BCUT2D eigenvalue weighted by atomic mass is 10.1. The van der Waals surface area contributed by atoms with Gasteiger partial charge in [-0.25, -0.2) is 0 Å². The average molecular weight is 371 g/mol. The maximum atomic E-state index is 12.8. The fraction of sp³-hybridized carbons (Fsp3) is 0.200. The number of benzene rings is 2. The molecule has 2 aromatic carbocycles. The maximum absolute atomic E-state index is 12.8. The molecule has 1 amide bonds. The number of carbonyl (C=O) groups is 1. The number of nitrogens with one attached hydrogen (secondary N) is 2. The summed E-state index contributed by atoms with van der Waals surface area (Å²) >= 11 is 6.27. The van der Waals surface area contributed by atoms with Gasteiger partial charge in [0.2, 0.25) is 0 Å². The standard InChI is InChI=1S/C20H19ClN2O3/c1-12(2)26-18(13-6-4-3-5-7-13)20(25)23-17-10-14-8-9-22-19(24)15(14)11-16(17)21/h3-12,18H,1-2H3,(H,22,24)(H,23,25)/t18-/m1/s1. The van der Waals surface area contributed by atoms with E-state index in [-0.39, 0.29) is 17.6 Å². The van der Waals surface area contributed by atoms with Gasteiger partial charge in [-0.05, 0) is 43.0 Å². The minimum absolute atomic E-state index is 0.128. The van der Waals surface area contributed by atoms with Gasteiger partial charge in [-0.15, -0.1) is 0 Å². The normalized spacial score (nSPS) is 12.3. The van der Waals surface area contributed by atoms with Crippen molar-refractivity contribution in [2.45, 2.75) is 26.1 Å². The number of halogens is 1. The fourth-order valence-electron chi connectivity index (χ4n) is 2.70. The second-order valence-corrected chi connectivity index (χ2v) is 6.60. The number of fused-ring (bicyclic) bond motifs is 1. The molecular weight excluding hydrogens is 352 g/mol. The summed E-state index contributed by atoms with van der Waals surface area (Å²) in [4.78, 5) is 27.3. The van der Waals surface area contributed by atoms with Crippen LogP contribution >= 0.6 is 11.6 Å². The van der Waals surface area contributed by atoms with Crippen molar-refractivity contribution >= 4 is 34.0 Å². The molecule has 2 N–H and O–H groups in total. The van der Waals surface area contributed by atoms with E-state index in [0.717, 1.165) is 5.56 Å². The van der Waals surface area contributed by atoms with Crippen LogP contribution in [0.15, 0.2) is 59.5 Å². The molecule has 0 aliphatic heterocycles. The molecule has 1 aromatic heterocycles. The number of hydrogen-bond acceptors (Lipinski definition) is 3. The second kappa shape index (κ2) is 7.72. The Balaban J connectivity index is 1.93. The highest BCUT2D eigenvalue weighted by atomic mass is 35.5. The number of carbonyl (C=O) groups excluding carboxylic acids is 1. The van der Waals surface area contributed by atoms with Crippen LogP contribution in [0.2, 0.25) is 5.02 Å². The summed E-state index contributed by atoms with van der Waals surface area (Å²) in [5.74, 6) is -0.323. The Labute approximate surface area is 156 Å². The number of rotatable bonds is 5. The molecule has 134 valence electrons. The predicted octanol–water partition coefficient (Wildman–Crippen LogP) is 4.29. The Bertz CT molecular complexity index is 983. The van der Waals surface area contributed by atoms with Gasteiger partial charge in [0.1, 0.15) is 0 Å². The van der Waals surface area contributed by atoms with Crippen LogP contribution in [0.1, 0.15) is 25.5 Å². The van der Waals surface area contributed by atoms with Gasteiger partial charge in [-0.1, -0.05) is 41.9 Å². The number of pyridine rings is 1. The molecular formula is C20H19ClN2O3. The zero-order valence-corrected chi connectivity index (χ0v) is 15.2. The Morgan fingerprint density at radius 3 is 2.58 bits per heavy atom. The molecule has 0 saturated heterocycles. The van der Waals surface area contributed by atoms with Crippen LogP contribution in [0.25, 0.3) is 10.8 Å². The molecule has 0 bridgehead atoms. The van der Waals surface area contributed by atoms with Gasteiger partial charge < -0.3 is 15.0 Å². The first kappa shape index (κ1) is 18.2. The summed E-state index contributed by atoms with van der Waals surface area (Å²) in [6.07, 6.45) is 0.664. The van der Waals surface area contributed by atoms with E-state index in [9.17, 15) is 9.59 Å². The third-order valence-electron chi connectivity index (χ3n) is 3.87. The van der Waals surface area contributed by atoms with Gasteiger partial charge in [0.05, 0.1) is 16.8 Å². The van der Waals surface area contributed by atoms with Crippen molar-refractivity contribution < 1.29 is 9.53 Å². The second-order valence-electron chi connectivity index (χ2n) is 6.19. The van der Waals surface area contributed by atoms with E-state index >= 15 is 0 Å². The van der Waals surface area contributed by atoms with Crippen molar-refractivity contribution in [3.63, 3.8) is 0 Å². The van der Waals surface area contributed by atoms with Crippen molar-refractivity contribution in [1.82, 2.24) is 4.98 Å².